The minimum absolute atomic E-state index is 0.528. The largest absolute Gasteiger partial charge is 0.308 e. The molecular weight excluding hydrogens is 222 g/mol. The highest BCUT2D eigenvalue weighted by atomic mass is 15.2. The van der Waals surface area contributed by atoms with Crippen molar-refractivity contribution in [3.05, 3.63) is 35.4 Å². The van der Waals surface area contributed by atoms with E-state index in [1.807, 2.05) is 24.3 Å². The van der Waals surface area contributed by atoms with E-state index < -0.39 is 0 Å². The van der Waals surface area contributed by atoms with Gasteiger partial charge in [0.15, 0.2) is 0 Å². The summed E-state index contributed by atoms with van der Waals surface area (Å²) >= 11 is 0. The molecule has 98 valence electrons. The van der Waals surface area contributed by atoms with Gasteiger partial charge in [0.2, 0.25) is 0 Å². The number of likely N-dealkylation sites (N-methyl/N-ethyl adjacent to an activating group) is 2. The molecule has 0 aromatic heterocycles. The van der Waals surface area contributed by atoms with Gasteiger partial charge >= 0.3 is 0 Å². The normalized spacial score (nSPS) is 12.7. The standard InChI is InChI=1S/C15H23N3/c1-5-18(13(2)11-17(3)4)12-15-8-6-14(10-16)7-9-15/h6-9,13H,5,11-12H2,1-4H3. The second-order valence-electron chi connectivity index (χ2n) is 4.98. The summed E-state index contributed by atoms with van der Waals surface area (Å²) in [5, 5.41) is 8.78. The van der Waals surface area contributed by atoms with Crippen molar-refractivity contribution in [3.8, 4) is 6.07 Å². The van der Waals surface area contributed by atoms with E-state index in [0.717, 1.165) is 25.2 Å². The Bertz CT molecular complexity index is 389. The van der Waals surface area contributed by atoms with Crippen molar-refractivity contribution in [3.63, 3.8) is 0 Å². The highest BCUT2D eigenvalue weighted by molar-refractivity contribution is 5.31. The predicted octanol–water partition coefficient (Wildman–Crippen LogP) is 2.33. The fraction of sp³-hybridized carbons (Fsp3) is 0.533. The highest BCUT2D eigenvalue weighted by Crippen LogP contribution is 2.10. The van der Waals surface area contributed by atoms with Gasteiger partial charge < -0.3 is 4.90 Å². The molecule has 0 aliphatic rings. The van der Waals surface area contributed by atoms with Crippen LogP contribution in [0.5, 0.6) is 0 Å². The molecule has 18 heavy (non-hydrogen) atoms. The molecule has 3 nitrogen and oxygen atoms in total. The van der Waals surface area contributed by atoms with Gasteiger partial charge in [-0.1, -0.05) is 19.1 Å². The van der Waals surface area contributed by atoms with E-state index in [4.69, 9.17) is 5.26 Å². The van der Waals surface area contributed by atoms with Crippen LogP contribution in [0.4, 0.5) is 0 Å². The Morgan fingerprint density at radius 1 is 1.22 bits per heavy atom. The van der Waals surface area contributed by atoms with Gasteiger partial charge in [0.25, 0.3) is 0 Å². The van der Waals surface area contributed by atoms with Crippen LogP contribution in [0.1, 0.15) is 25.0 Å². The lowest BCUT2D eigenvalue weighted by Crippen LogP contribution is -2.39. The Kier molecular flexibility index (Phi) is 5.84. The third kappa shape index (κ3) is 4.48. The van der Waals surface area contributed by atoms with Crippen LogP contribution in [-0.2, 0) is 6.54 Å². The van der Waals surface area contributed by atoms with Crippen LogP contribution in [0.3, 0.4) is 0 Å². The van der Waals surface area contributed by atoms with Crippen LogP contribution in [-0.4, -0.2) is 43.0 Å². The first kappa shape index (κ1) is 14.7. The van der Waals surface area contributed by atoms with Crippen molar-refractivity contribution in [1.29, 1.82) is 5.26 Å². The average Bonchev–Trinajstić information content (AvgIpc) is 2.35. The summed E-state index contributed by atoms with van der Waals surface area (Å²) in [4.78, 5) is 4.66. The van der Waals surface area contributed by atoms with E-state index in [1.54, 1.807) is 0 Å². The van der Waals surface area contributed by atoms with E-state index in [2.05, 4.69) is 43.8 Å². The van der Waals surface area contributed by atoms with Gasteiger partial charge in [-0.3, -0.25) is 4.90 Å². The number of rotatable bonds is 6. The smallest absolute Gasteiger partial charge is 0.0991 e. The maximum Gasteiger partial charge on any atom is 0.0991 e. The van der Waals surface area contributed by atoms with Crippen LogP contribution >= 0.6 is 0 Å². The summed E-state index contributed by atoms with van der Waals surface area (Å²) < 4.78 is 0. The fourth-order valence-electron chi connectivity index (χ4n) is 2.14. The first-order valence-corrected chi connectivity index (χ1v) is 6.44. The molecule has 0 saturated carbocycles. The number of hydrogen-bond acceptors (Lipinski definition) is 3. The molecule has 1 atom stereocenters. The van der Waals surface area contributed by atoms with Crippen LogP contribution in [0.25, 0.3) is 0 Å². The minimum atomic E-state index is 0.528. The molecule has 0 bridgehead atoms. The lowest BCUT2D eigenvalue weighted by atomic mass is 10.1. The Balaban J connectivity index is 2.64. The van der Waals surface area contributed by atoms with Crippen molar-refractivity contribution in [2.45, 2.75) is 26.4 Å². The fourth-order valence-corrected chi connectivity index (χ4v) is 2.14. The van der Waals surface area contributed by atoms with Crippen molar-refractivity contribution >= 4 is 0 Å². The quantitative estimate of drug-likeness (QED) is 0.770. The Morgan fingerprint density at radius 2 is 1.83 bits per heavy atom. The average molecular weight is 245 g/mol. The van der Waals surface area contributed by atoms with Crippen molar-refractivity contribution < 1.29 is 0 Å². The molecule has 0 fully saturated rings. The molecule has 0 radical (unpaired) electrons. The maximum atomic E-state index is 8.78. The van der Waals surface area contributed by atoms with Crippen LogP contribution in [0, 0.1) is 11.3 Å². The first-order valence-electron chi connectivity index (χ1n) is 6.44. The van der Waals surface area contributed by atoms with Crippen LogP contribution in [0.15, 0.2) is 24.3 Å². The van der Waals surface area contributed by atoms with E-state index >= 15 is 0 Å². The SMILES string of the molecule is CCN(Cc1ccc(C#N)cc1)C(C)CN(C)C. The predicted molar refractivity (Wildman–Crippen MR) is 75.3 cm³/mol. The molecule has 0 aliphatic carbocycles. The molecule has 0 spiro atoms. The summed E-state index contributed by atoms with van der Waals surface area (Å²) in [7, 11) is 4.21. The molecule has 0 N–H and O–H groups in total. The van der Waals surface area contributed by atoms with Gasteiger partial charge in [-0.15, -0.1) is 0 Å². The number of nitrogens with zero attached hydrogens (tertiary/aromatic N) is 3. The second-order valence-corrected chi connectivity index (χ2v) is 4.98. The molecule has 1 unspecified atom stereocenters. The van der Waals surface area contributed by atoms with Crippen molar-refractivity contribution in [1.82, 2.24) is 9.80 Å². The van der Waals surface area contributed by atoms with Gasteiger partial charge in [-0.25, -0.2) is 0 Å². The third-order valence-corrected chi connectivity index (χ3v) is 3.13. The summed E-state index contributed by atoms with van der Waals surface area (Å²) in [6.07, 6.45) is 0. The van der Waals surface area contributed by atoms with Gasteiger partial charge in [-0.05, 0) is 45.3 Å². The molecule has 1 aromatic carbocycles. The van der Waals surface area contributed by atoms with Gasteiger partial charge in [0, 0.05) is 19.1 Å². The van der Waals surface area contributed by atoms with E-state index in [1.165, 1.54) is 5.56 Å². The first-order chi connectivity index (χ1) is 8.56. The minimum Gasteiger partial charge on any atom is -0.308 e. The van der Waals surface area contributed by atoms with Crippen LogP contribution in [0.2, 0.25) is 0 Å². The molecular formula is C15H23N3. The topological polar surface area (TPSA) is 30.3 Å². The van der Waals surface area contributed by atoms with Gasteiger partial charge in [0.1, 0.15) is 0 Å². The monoisotopic (exact) mass is 245 g/mol. The zero-order valence-corrected chi connectivity index (χ0v) is 11.8. The summed E-state index contributed by atoms with van der Waals surface area (Å²) in [5.74, 6) is 0. The van der Waals surface area contributed by atoms with Crippen molar-refractivity contribution in [2.24, 2.45) is 0 Å². The maximum absolute atomic E-state index is 8.78. The van der Waals surface area contributed by atoms with E-state index in [0.29, 0.717) is 6.04 Å². The zero-order chi connectivity index (χ0) is 13.5. The van der Waals surface area contributed by atoms with Gasteiger partial charge in [-0.2, -0.15) is 5.26 Å². The van der Waals surface area contributed by atoms with Gasteiger partial charge in [0.05, 0.1) is 11.6 Å². The second kappa shape index (κ2) is 7.15. The lowest BCUT2D eigenvalue weighted by Gasteiger charge is -2.30. The highest BCUT2D eigenvalue weighted by Gasteiger charge is 2.13. The summed E-state index contributed by atoms with van der Waals surface area (Å²) in [5.41, 5.74) is 1.99. The Labute approximate surface area is 111 Å². The molecule has 1 aromatic rings. The van der Waals surface area contributed by atoms with Crippen molar-refractivity contribution in [2.75, 3.05) is 27.2 Å². The van der Waals surface area contributed by atoms with Crippen LogP contribution < -0.4 is 0 Å². The molecule has 3 heteroatoms. The summed E-state index contributed by atoms with van der Waals surface area (Å²) in [6, 6.07) is 10.5. The molecule has 0 heterocycles. The molecule has 0 saturated heterocycles. The van der Waals surface area contributed by atoms with E-state index in [9.17, 15) is 0 Å². The lowest BCUT2D eigenvalue weighted by molar-refractivity contribution is 0.174. The van der Waals surface area contributed by atoms with E-state index in [-0.39, 0.29) is 0 Å². The molecule has 0 aliphatic heterocycles. The number of hydrogen-bond donors (Lipinski definition) is 0. The number of benzene rings is 1. The molecule has 0 amide bonds. The zero-order valence-electron chi connectivity index (χ0n) is 11.8. The number of nitriles is 1. The Morgan fingerprint density at radius 3 is 2.28 bits per heavy atom. The Hall–Kier alpha value is -1.37. The molecule has 1 rings (SSSR count). The summed E-state index contributed by atoms with van der Waals surface area (Å²) in [6.45, 7) is 7.49. The third-order valence-electron chi connectivity index (χ3n) is 3.13.